The molecule has 0 saturated heterocycles. The molecule has 3 rings (SSSR count). The van der Waals surface area contributed by atoms with Gasteiger partial charge in [0.15, 0.2) is 11.6 Å². The summed E-state index contributed by atoms with van der Waals surface area (Å²) in [5, 5.41) is 0. The minimum absolute atomic E-state index is 0.0575. The van der Waals surface area contributed by atoms with Gasteiger partial charge < -0.3 is 0 Å². The molecule has 0 N–H and O–H groups in total. The molecule has 2 heteroatoms. The van der Waals surface area contributed by atoms with Crippen molar-refractivity contribution in [1.82, 2.24) is 0 Å². The van der Waals surface area contributed by atoms with E-state index in [0.717, 1.165) is 11.1 Å². The Morgan fingerprint density at radius 3 is 1.71 bits per heavy atom. The van der Waals surface area contributed by atoms with Crippen LogP contribution in [0.4, 0.5) is 0 Å². The average Bonchev–Trinajstić information content (AvgIpc) is 2.73. The number of carbonyl (C=O) groups excluding carboxylic acids is 2. The van der Waals surface area contributed by atoms with Crippen LogP contribution in [0.2, 0.25) is 0 Å². The number of carbonyl (C=O) groups is 2. The molecule has 0 bridgehead atoms. The fourth-order valence-electron chi connectivity index (χ4n) is 2.86. The molecule has 84 valence electrons. The Hall–Kier alpha value is -1.96. The third kappa shape index (κ3) is 1.10. The lowest BCUT2D eigenvalue weighted by molar-refractivity contribution is 0.0715. The highest BCUT2D eigenvalue weighted by Crippen LogP contribution is 2.51. The molecule has 17 heavy (non-hydrogen) atoms. The molecular formula is C15H12O2. The number of allylic oxidation sites excluding steroid dienone is 2. The first-order valence-electron chi connectivity index (χ1n) is 5.61. The molecular weight excluding hydrogens is 212 g/mol. The van der Waals surface area contributed by atoms with Gasteiger partial charge in [0.2, 0.25) is 0 Å². The SMILES string of the molecule is C=C1CC2(CC1=C)C(=O)c1ccccc1C2=O. The van der Waals surface area contributed by atoms with Gasteiger partial charge in [-0.2, -0.15) is 0 Å². The Labute approximate surface area is 99.6 Å². The van der Waals surface area contributed by atoms with Crippen LogP contribution in [-0.2, 0) is 0 Å². The Bertz CT molecular complexity index is 540. The molecule has 0 amide bonds. The van der Waals surface area contributed by atoms with Crippen LogP contribution in [0, 0.1) is 5.41 Å². The molecule has 1 spiro atoms. The van der Waals surface area contributed by atoms with Crippen LogP contribution in [0.1, 0.15) is 33.6 Å². The Kier molecular flexibility index (Phi) is 1.82. The van der Waals surface area contributed by atoms with Crippen molar-refractivity contribution in [3.8, 4) is 0 Å². The minimum Gasteiger partial charge on any atom is -0.293 e. The second kappa shape index (κ2) is 3.04. The maximum atomic E-state index is 12.4. The molecule has 1 aromatic rings. The molecule has 2 nitrogen and oxygen atoms in total. The summed E-state index contributed by atoms with van der Waals surface area (Å²) in [5.41, 5.74) is 1.86. The van der Waals surface area contributed by atoms with Crippen LogP contribution in [-0.4, -0.2) is 11.6 Å². The predicted molar refractivity (Wildman–Crippen MR) is 65.1 cm³/mol. The van der Waals surface area contributed by atoms with Gasteiger partial charge in [0.25, 0.3) is 0 Å². The lowest BCUT2D eigenvalue weighted by Crippen LogP contribution is -2.30. The van der Waals surface area contributed by atoms with E-state index in [2.05, 4.69) is 13.2 Å². The van der Waals surface area contributed by atoms with Crippen molar-refractivity contribution in [1.29, 1.82) is 0 Å². The highest BCUT2D eigenvalue weighted by molar-refractivity contribution is 6.30. The van der Waals surface area contributed by atoms with E-state index in [1.165, 1.54) is 0 Å². The number of Topliss-reactive ketones (excluding diaryl/α,β-unsaturated/α-hetero) is 2. The molecule has 1 fully saturated rings. The number of hydrogen-bond acceptors (Lipinski definition) is 2. The highest BCUT2D eigenvalue weighted by atomic mass is 16.2. The summed E-state index contributed by atoms with van der Waals surface area (Å²) >= 11 is 0. The van der Waals surface area contributed by atoms with Gasteiger partial charge in [-0.1, -0.05) is 48.6 Å². The third-order valence-electron chi connectivity index (χ3n) is 3.82. The van der Waals surface area contributed by atoms with Crippen molar-refractivity contribution < 1.29 is 9.59 Å². The summed E-state index contributed by atoms with van der Waals surface area (Å²) < 4.78 is 0. The summed E-state index contributed by atoms with van der Waals surface area (Å²) in [6.45, 7) is 7.76. The van der Waals surface area contributed by atoms with Crippen molar-refractivity contribution in [3.63, 3.8) is 0 Å². The van der Waals surface area contributed by atoms with E-state index in [1.807, 2.05) is 0 Å². The van der Waals surface area contributed by atoms with Crippen LogP contribution in [0.25, 0.3) is 0 Å². The summed E-state index contributed by atoms with van der Waals surface area (Å²) in [4.78, 5) is 24.8. The number of fused-ring (bicyclic) bond motifs is 1. The van der Waals surface area contributed by atoms with E-state index >= 15 is 0 Å². The predicted octanol–water partition coefficient (Wildman–Crippen LogP) is 2.96. The summed E-state index contributed by atoms with van der Waals surface area (Å²) in [5.74, 6) is -0.115. The van der Waals surface area contributed by atoms with Crippen LogP contribution in [0.5, 0.6) is 0 Å². The summed E-state index contributed by atoms with van der Waals surface area (Å²) in [6.07, 6.45) is 0.857. The van der Waals surface area contributed by atoms with Crippen molar-refractivity contribution in [2.45, 2.75) is 12.8 Å². The van der Waals surface area contributed by atoms with Crippen LogP contribution in [0.3, 0.4) is 0 Å². The smallest absolute Gasteiger partial charge is 0.178 e. The van der Waals surface area contributed by atoms with Gasteiger partial charge in [-0.3, -0.25) is 9.59 Å². The molecule has 0 unspecified atom stereocenters. The third-order valence-corrected chi connectivity index (χ3v) is 3.82. The number of hydrogen-bond donors (Lipinski definition) is 0. The maximum absolute atomic E-state index is 12.4. The number of ketones is 2. The van der Waals surface area contributed by atoms with Gasteiger partial charge in [-0.25, -0.2) is 0 Å². The van der Waals surface area contributed by atoms with Crippen LogP contribution >= 0.6 is 0 Å². The van der Waals surface area contributed by atoms with Crippen molar-refractivity contribution in [2.24, 2.45) is 5.41 Å². The zero-order valence-electron chi connectivity index (χ0n) is 9.45. The van der Waals surface area contributed by atoms with Crippen molar-refractivity contribution in [3.05, 3.63) is 59.7 Å². The second-order valence-corrected chi connectivity index (χ2v) is 4.85. The molecule has 1 saturated carbocycles. The van der Waals surface area contributed by atoms with Gasteiger partial charge >= 0.3 is 0 Å². The van der Waals surface area contributed by atoms with E-state index < -0.39 is 5.41 Å². The molecule has 0 radical (unpaired) electrons. The lowest BCUT2D eigenvalue weighted by Gasteiger charge is -2.17. The second-order valence-electron chi connectivity index (χ2n) is 4.85. The van der Waals surface area contributed by atoms with Crippen LogP contribution < -0.4 is 0 Å². The first-order chi connectivity index (χ1) is 8.06. The normalized spacial score (nSPS) is 21.4. The van der Waals surface area contributed by atoms with E-state index in [0.29, 0.717) is 24.0 Å². The molecule has 2 aliphatic rings. The molecule has 0 aliphatic heterocycles. The van der Waals surface area contributed by atoms with Crippen molar-refractivity contribution >= 4 is 11.6 Å². The van der Waals surface area contributed by atoms with Gasteiger partial charge in [-0.05, 0) is 12.8 Å². The van der Waals surface area contributed by atoms with Gasteiger partial charge in [0.05, 0.1) is 0 Å². The average molecular weight is 224 g/mol. The fraction of sp³-hybridized carbons (Fsp3) is 0.200. The van der Waals surface area contributed by atoms with E-state index in [-0.39, 0.29) is 11.6 Å². The number of rotatable bonds is 0. The molecule has 0 atom stereocenters. The highest BCUT2D eigenvalue weighted by Gasteiger charge is 2.55. The standard InChI is InChI=1S/C15H12O2/c1-9-7-15(8-10(9)2)13(16)11-5-3-4-6-12(11)14(15)17/h3-6H,1-2,7-8H2. The summed E-state index contributed by atoms with van der Waals surface area (Å²) in [7, 11) is 0. The fourth-order valence-corrected chi connectivity index (χ4v) is 2.86. The minimum atomic E-state index is -0.919. The Morgan fingerprint density at radius 1 is 0.882 bits per heavy atom. The zero-order chi connectivity index (χ0) is 12.2. The topological polar surface area (TPSA) is 34.1 Å². The van der Waals surface area contributed by atoms with Crippen LogP contribution in [0.15, 0.2) is 48.6 Å². The molecule has 1 aromatic carbocycles. The monoisotopic (exact) mass is 224 g/mol. The van der Waals surface area contributed by atoms with E-state index in [1.54, 1.807) is 24.3 Å². The Morgan fingerprint density at radius 2 is 1.29 bits per heavy atom. The van der Waals surface area contributed by atoms with Gasteiger partial charge in [-0.15, -0.1) is 0 Å². The van der Waals surface area contributed by atoms with Gasteiger partial charge in [0.1, 0.15) is 5.41 Å². The largest absolute Gasteiger partial charge is 0.293 e. The zero-order valence-corrected chi connectivity index (χ0v) is 9.45. The molecule has 0 aromatic heterocycles. The van der Waals surface area contributed by atoms with E-state index in [4.69, 9.17) is 0 Å². The first kappa shape index (κ1) is 10.2. The van der Waals surface area contributed by atoms with E-state index in [9.17, 15) is 9.59 Å². The van der Waals surface area contributed by atoms with Gasteiger partial charge in [0, 0.05) is 11.1 Å². The number of benzene rings is 1. The first-order valence-corrected chi connectivity index (χ1v) is 5.61. The lowest BCUT2D eigenvalue weighted by atomic mass is 9.80. The maximum Gasteiger partial charge on any atom is 0.178 e. The quantitative estimate of drug-likeness (QED) is 0.635. The van der Waals surface area contributed by atoms with Crippen molar-refractivity contribution in [2.75, 3.05) is 0 Å². The molecule has 0 heterocycles. The summed E-state index contributed by atoms with van der Waals surface area (Å²) in [6, 6.07) is 7.05. The molecule has 2 aliphatic carbocycles. The Balaban J connectivity index is 2.19.